The number of nitrogens with zero attached hydrogens (tertiary/aromatic N) is 5. The molecule has 0 radical (unpaired) electrons. The highest BCUT2D eigenvalue weighted by Gasteiger charge is 2.28. The zero-order valence-corrected chi connectivity index (χ0v) is 16.1. The van der Waals surface area contributed by atoms with Crippen LogP contribution in [0.2, 0.25) is 0 Å². The quantitative estimate of drug-likeness (QED) is 0.527. The van der Waals surface area contributed by atoms with Gasteiger partial charge >= 0.3 is 0 Å². The van der Waals surface area contributed by atoms with Crippen LogP contribution in [0.25, 0.3) is 23.0 Å². The van der Waals surface area contributed by atoms with Gasteiger partial charge in [0.2, 0.25) is 5.82 Å². The topological polar surface area (TPSA) is 88.1 Å². The van der Waals surface area contributed by atoms with Gasteiger partial charge < -0.3 is 14.0 Å². The molecule has 2 aromatic carbocycles. The Labute approximate surface area is 167 Å². The number of rotatable bonds is 4. The number of fused-ring (bicyclic) bond motifs is 1. The Kier molecular flexibility index (Phi) is 4.33. The van der Waals surface area contributed by atoms with E-state index in [2.05, 4.69) is 20.5 Å². The molecule has 1 aliphatic rings. The van der Waals surface area contributed by atoms with Gasteiger partial charge in [0, 0.05) is 5.56 Å². The summed E-state index contributed by atoms with van der Waals surface area (Å²) in [5.41, 5.74) is 4.48. The van der Waals surface area contributed by atoms with Crippen molar-refractivity contribution >= 4 is 0 Å². The number of benzene rings is 2. The molecule has 0 amide bonds. The lowest BCUT2D eigenvalue weighted by Crippen LogP contribution is -2.22. The van der Waals surface area contributed by atoms with Gasteiger partial charge in [0.15, 0.2) is 5.69 Å². The maximum atomic E-state index is 6.06. The Balaban J connectivity index is 1.39. The molecule has 2 aromatic heterocycles. The molecule has 1 aliphatic heterocycles. The molecule has 146 valence electrons. The highest BCUT2D eigenvalue weighted by Crippen LogP contribution is 2.31. The van der Waals surface area contributed by atoms with Gasteiger partial charge in [-0.15, -0.1) is 5.10 Å². The van der Waals surface area contributed by atoms with Crippen molar-refractivity contribution in [1.82, 2.24) is 25.1 Å². The molecule has 0 fully saturated rings. The van der Waals surface area contributed by atoms with Crippen molar-refractivity contribution in [2.75, 3.05) is 7.11 Å². The minimum Gasteiger partial charge on any atom is -0.497 e. The Bertz CT molecular complexity index is 1150. The van der Waals surface area contributed by atoms with Crippen LogP contribution in [-0.2, 0) is 17.9 Å². The second-order valence-electron chi connectivity index (χ2n) is 6.93. The molecule has 4 aromatic rings. The zero-order valence-electron chi connectivity index (χ0n) is 16.1. The second-order valence-corrected chi connectivity index (χ2v) is 6.93. The van der Waals surface area contributed by atoms with E-state index >= 15 is 0 Å². The van der Waals surface area contributed by atoms with Crippen LogP contribution in [0.3, 0.4) is 0 Å². The number of ether oxygens (including phenoxy) is 2. The molecule has 0 N–H and O–H groups in total. The lowest BCUT2D eigenvalue weighted by Gasteiger charge is -2.24. The van der Waals surface area contributed by atoms with E-state index in [1.54, 1.807) is 7.11 Å². The molecule has 3 heterocycles. The van der Waals surface area contributed by atoms with E-state index in [4.69, 9.17) is 14.0 Å². The average molecular weight is 389 g/mol. The van der Waals surface area contributed by atoms with E-state index in [9.17, 15) is 0 Å². The highest BCUT2D eigenvalue weighted by molar-refractivity contribution is 5.59. The summed E-state index contributed by atoms with van der Waals surface area (Å²) in [5, 5.41) is 12.6. The van der Waals surface area contributed by atoms with E-state index in [1.165, 1.54) is 0 Å². The van der Waals surface area contributed by atoms with Crippen molar-refractivity contribution in [1.29, 1.82) is 0 Å². The van der Waals surface area contributed by atoms with Crippen molar-refractivity contribution < 1.29 is 14.0 Å². The number of hydrogen-bond donors (Lipinski definition) is 0. The Morgan fingerprint density at radius 3 is 2.79 bits per heavy atom. The monoisotopic (exact) mass is 389 g/mol. The summed E-state index contributed by atoms with van der Waals surface area (Å²) >= 11 is 0. The van der Waals surface area contributed by atoms with Crippen LogP contribution in [0.1, 0.15) is 22.9 Å². The van der Waals surface area contributed by atoms with Gasteiger partial charge in [-0.1, -0.05) is 46.3 Å². The first-order chi connectivity index (χ1) is 14.2. The largest absolute Gasteiger partial charge is 0.497 e. The molecule has 0 aliphatic carbocycles. The van der Waals surface area contributed by atoms with Gasteiger partial charge in [0.1, 0.15) is 11.9 Å². The van der Waals surface area contributed by atoms with E-state index in [-0.39, 0.29) is 6.10 Å². The Morgan fingerprint density at radius 1 is 1.14 bits per heavy atom. The maximum Gasteiger partial charge on any atom is 0.280 e. The average Bonchev–Trinajstić information content (AvgIpc) is 3.40. The van der Waals surface area contributed by atoms with E-state index in [1.807, 2.05) is 60.1 Å². The molecule has 1 atom stereocenters. The first kappa shape index (κ1) is 17.6. The van der Waals surface area contributed by atoms with E-state index in [0.29, 0.717) is 30.6 Å². The summed E-state index contributed by atoms with van der Waals surface area (Å²) in [7, 11) is 1.65. The zero-order chi connectivity index (χ0) is 19.8. The summed E-state index contributed by atoms with van der Waals surface area (Å²) in [6, 6.07) is 15.8. The third-order valence-corrected chi connectivity index (χ3v) is 4.99. The predicted molar refractivity (Wildman–Crippen MR) is 104 cm³/mol. The number of aryl methyl sites for hydroxylation is 1. The molecule has 29 heavy (non-hydrogen) atoms. The molecule has 0 unspecified atom stereocenters. The second kappa shape index (κ2) is 7.14. The van der Waals surface area contributed by atoms with Gasteiger partial charge in [0.05, 0.1) is 26.0 Å². The molecular formula is C21H19N5O3. The van der Waals surface area contributed by atoms with Gasteiger partial charge in [0.25, 0.3) is 5.89 Å². The fourth-order valence-electron chi connectivity index (χ4n) is 3.42. The third kappa shape index (κ3) is 3.27. The maximum absolute atomic E-state index is 6.06. The van der Waals surface area contributed by atoms with Crippen LogP contribution in [0.4, 0.5) is 0 Å². The lowest BCUT2D eigenvalue weighted by atomic mass is 10.1. The normalized spacial score (nSPS) is 15.9. The van der Waals surface area contributed by atoms with Gasteiger partial charge in [-0.05, 0) is 30.7 Å². The fourth-order valence-corrected chi connectivity index (χ4v) is 3.42. The minimum atomic E-state index is -0.103. The summed E-state index contributed by atoms with van der Waals surface area (Å²) in [6.45, 7) is 2.95. The van der Waals surface area contributed by atoms with Crippen LogP contribution < -0.4 is 4.74 Å². The Hall–Kier alpha value is -3.52. The van der Waals surface area contributed by atoms with Gasteiger partial charge in [-0.3, -0.25) is 0 Å². The molecule has 0 saturated carbocycles. The molecule has 0 bridgehead atoms. The highest BCUT2D eigenvalue weighted by atomic mass is 16.5. The Morgan fingerprint density at radius 2 is 2.00 bits per heavy atom. The number of aromatic nitrogens is 5. The van der Waals surface area contributed by atoms with Crippen molar-refractivity contribution in [3.05, 3.63) is 65.4 Å². The van der Waals surface area contributed by atoms with E-state index < -0.39 is 0 Å². The molecule has 8 nitrogen and oxygen atoms in total. The van der Waals surface area contributed by atoms with Gasteiger partial charge in [-0.25, -0.2) is 4.68 Å². The summed E-state index contributed by atoms with van der Waals surface area (Å²) in [6.07, 6.45) is -0.103. The van der Waals surface area contributed by atoms with Crippen LogP contribution in [0.5, 0.6) is 5.75 Å². The molecular weight excluding hydrogens is 370 g/mol. The fraction of sp³-hybridized carbons (Fsp3) is 0.238. The first-order valence-electron chi connectivity index (χ1n) is 9.30. The van der Waals surface area contributed by atoms with Crippen molar-refractivity contribution in [2.45, 2.75) is 26.2 Å². The predicted octanol–water partition coefficient (Wildman–Crippen LogP) is 3.58. The van der Waals surface area contributed by atoms with Crippen molar-refractivity contribution in [3.8, 4) is 28.7 Å². The van der Waals surface area contributed by atoms with Crippen LogP contribution in [0, 0.1) is 6.92 Å². The molecule has 8 heteroatoms. The van der Waals surface area contributed by atoms with Crippen LogP contribution in [-0.4, -0.2) is 32.2 Å². The number of hydrogen-bond acceptors (Lipinski definition) is 7. The SMILES string of the molecule is COc1ccc([C@@H]2Cn3nnc(-c4nc(-c5cccc(C)c5)no4)c3CO2)cc1. The summed E-state index contributed by atoms with van der Waals surface area (Å²) < 4.78 is 18.6. The molecule has 0 spiro atoms. The third-order valence-electron chi connectivity index (χ3n) is 4.99. The van der Waals surface area contributed by atoms with Crippen molar-refractivity contribution in [2.24, 2.45) is 0 Å². The smallest absolute Gasteiger partial charge is 0.280 e. The van der Waals surface area contributed by atoms with Crippen LogP contribution in [0.15, 0.2) is 53.1 Å². The van der Waals surface area contributed by atoms with Crippen LogP contribution >= 0.6 is 0 Å². The summed E-state index contributed by atoms with van der Waals surface area (Å²) in [4.78, 5) is 4.51. The lowest BCUT2D eigenvalue weighted by molar-refractivity contribution is -0.00119. The van der Waals surface area contributed by atoms with Crippen molar-refractivity contribution in [3.63, 3.8) is 0 Å². The van der Waals surface area contributed by atoms with Gasteiger partial charge in [-0.2, -0.15) is 4.98 Å². The first-order valence-corrected chi connectivity index (χ1v) is 9.30. The van der Waals surface area contributed by atoms with E-state index in [0.717, 1.165) is 28.1 Å². The molecule has 5 rings (SSSR count). The minimum absolute atomic E-state index is 0.103. The molecule has 0 saturated heterocycles. The number of methoxy groups -OCH3 is 1. The standard InChI is InChI=1S/C21H19N5O3/c1-13-4-3-5-15(10-13)20-22-21(29-24-20)19-17-12-28-18(11-26(17)25-23-19)14-6-8-16(27-2)9-7-14/h3-10,18H,11-12H2,1-2H3/t18-/m0/s1. The summed E-state index contributed by atoms with van der Waals surface area (Å²) in [5.74, 6) is 1.68.